The van der Waals surface area contributed by atoms with Crippen LogP contribution in [0.25, 0.3) is 11.4 Å². The van der Waals surface area contributed by atoms with Gasteiger partial charge in [-0.2, -0.15) is 0 Å². The lowest BCUT2D eigenvalue weighted by Crippen LogP contribution is -2.35. The van der Waals surface area contributed by atoms with Gasteiger partial charge in [-0.3, -0.25) is 0 Å². The zero-order valence-corrected chi connectivity index (χ0v) is 20.0. The van der Waals surface area contributed by atoms with Gasteiger partial charge in [0, 0.05) is 24.1 Å². The first-order valence-corrected chi connectivity index (χ1v) is 10.8. The molecule has 1 saturated carbocycles. The van der Waals surface area contributed by atoms with E-state index >= 15 is 0 Å². The van der Waals surface area contributed by atoms with E-state index in [-0.39, 0.29) is 36.6 Å². The molecule has 1 aromatic heterocycles. The fourth-order valence-corrected chi connectivity index (χ4v) is 4.77. The van der Waals surface area contributed by atoms with Gasteiger partial charge in [-0.05, 0) is 61.6 Å². The van der Waals surface area contributed by atoms with E-state index in [1.54, 1.807) is 12.1 Å². The summed E-state index contributed by atoms with van der Waals surface area (Å²) in [5.41, 5.74) is 1.54. The first-order chi connectivity index (χ1) is 14.5. The van der Waals surface area contributed by atoms with Crippen molar-refractivity contribution in [2.24, 2.45) is 0 Å². The summed E-state index contributed by atoms with van der Waals surface area (Å²) >= 11 is 12.7. The highest BCUT2D eigenvalue weighted by molar-refractivity contribution is 6.43. The number of hydrogen-bond donors (Lipinski definition) is 1. The molecule has 0 unspecified atom stereocenters. The Bertz CT molecular complexity index is 1100. The van der Waals surface area contributed by atoms with Crippen LogP contribution in [0, 0.1) is 11.6 Å². The molecule has 4 nitrogen and oxygen atoms in total. The van der Waals surface area contributed by atoms with Crippen LogP contribution in [0.15, 0.2) is 36.4 Å². The number of halogens is 6. The van der Waals surface area contributed by atoms with Gasteiger partial charge in [0.2, 0.25) is 0 Å². The van der Waals surface area contributed by atoms with Gasteiger partial charge in [0.15, 0.2) is 17.5 Å². The van der Waals surface area contributed by atoms with Crippen molar-refractivity contribution in [1.82, 2.24) is 20.1 Å². The molecule has 1 aliphatic carbocycles. The fraction of sp³-hybridized carbons (Fsp3) is 0.364. The zero-order valence-electron chi connectivity index (χ0n) is 16.9. The summed E-state index contributed by atoms with van der Waals surface area (Å²) in [5, 5.41) is 13.4. The van der Waals surface area contributed by atoms with Crippen molar-refractivity contribution < 1.29 is 8.78 Å². The SMILES string of the molecule is Cl.Cl.Fc1ccc([C@H]2CCNC[C@@H]2c2nnc(-c3cccc(Cl)c3Cl)n2C2CC2)cc1F. The van der Waals surface area contributed by atoms with Gasteiger partial charge in [-0.25, -0.2) is 8.78 Å². The lowest BCUT2D eigenvalue weighted by Gasteiger charge is -2.32. The van der Waals surface area contributed by atoms with Crippen molar-refractivity contribution >= 4 is 48.0 Å². The van der Waals surface area contributed by atoms with Crippen molar-refractivity contribution in [3.63, 3.8) is 0 Å². The fourth-order valence-electron chi connectivity index (χ4n) is 4.38. The van der Waals surface area contributed by atoms with Crippen molar-refractivity contribution in [3.8, 4) is 11.4 Å². The molecule has 1 saturated heterocycles. The Hall–Kier alpha value is -1.44. The molecule has 2 heterocycles. The Morgan fingerprint density at radius 1 is 0.938 bits per heavy atom. The molecule has 2 aliphatic rings. The van der Waals surface area contributed by atoms with E-state index in [1.807, 2.05) is 12.1 Å². The van der Waals surface area contributed by atoms with Gasteiger partial charge in [-0.1, -0.05) is 35.3 Å². The van der Waals surface area contributed by atoms with E-state index in [0.717, 1.165) is 42.8 Å². The number of hydrogen-bond acceptors (Lipinski definition) is 3. The van der Waals surface area contributed by atoms with E-state index in [4.69, 9.17) is 23.2 Å². The molecule has 0 spiro atoms. The quantitative estimate of drug-likeness (QED) is 0.422. The maximum atomic E-state index is 13.9. The molecule has 0 radical (unpaired) electrons. The summed E-state index contributed by atoms with van der Waals surface area (Å²) in [6, 6.07) is 9.99. The molecule has 0 bridgehead atoms. The highest BCUT2D eigenvalue weighted by atomic mass is 35.5. The summed E-state index contributed by atoms with van der Waals surface area (Å²) in [6.45, 7) is 1.50. The van der Waals surface area contributed by atoms with Crippen LogP contribution in [-0.2, 0) is 0 Å². The number of piperidine rings is 1. The monoisotopic (exact) mass is 520 g/mol. The molecular formula is C22H22Cl4F2N4. The standard InChI is InChI=1S/C22H20Cl2F2N4.2ClH/c23-17-3-1-2-15(20(17)24)21-28-29-22(30(21)13-5-6-13)16-11-27-9-8-14(16)12-4-7-18(25)19(26)10-12;;/h1-4,7,10,13-14,16,27H,5-6,8-9,11H2;2*1H/t14-,16+;;/m1../s1. The first kappa shape index (κ1) is 25.2. The average Bonchev–Trinajstić information content (AvgIpc) is 3.50. The second kappa shape index (κ2) is 10.2. The van der Waals surface area contributed by atoms with E-state index in [2.05, 4.69) is 20.1 Å². The second-order valence-corrected chi connectivity index (χ2v) is 8.75. The number of benzene rings is 2. The Balaban J connectivity index is 0.00000144. The van der Waals surface area contributed by atoms with Crippen molar-refractivity contribution in [2.45, 2.75) is 37.1 Å². The molecule has 3 aromatic rings. The summed E-state index contributed by atoms with van der Waals surface area (Å²) in [5.74, 6) is -0.0858. The van der Waals surface area contributed by atoms with Gasteiger partial charge in [0.05, 0.1) is 10.0 Å². The zero-order chi connectivity index (χ0) is 20.8. The maximum absolute atomic E-state index is 13.9. The van der Waals surface area contributed by atoms with Crippen LogP contribution in [0.2, 0.25) is 10.0 Å². The average molecular weight is 522 g/mol. The third kappa shape index (κ3) is 4.62. The molecule has 1 aliphatic heterocycles. The number of aromatic nitrogens is 3. The molecular weight excluding hydrogens is 500 g/mol. The minimum Gasteiger partial charge on any atom is -0.316 e. The molecule has 5 rings (SSSR count). The number of rotatable bonds is 4. The second-order valence-electron chi connectivity index (χ2n) is 7.96. The molecule has 0 amide bonds. The van der Waals surface area contributed by atoms with Gasteiger partial charge >= 0.3 is 0 Å². The van der Waals surface area contributed by atoms with Crippen LogP contribution in [-0.4, -0.2) is 27.9 Å². The highest BCUT2D eigenvalue weighted by Crippen LogP contribution is 2.45. The van der Waals surface area contributed by atoms with Crippen LogP contribution in [0.4, 0.5) is 8.78 Å². The summed E-state index contributed by atoms with van der Waals surface area (Å²) in [7, 11) is 0. The smallest absolute Gasteiger partial charge is 0.165 e. The van der Waals surface area contributed by atoms with Crippen LogP contribution in [0.5, 0.6) is 0 Å². The highest BCUT2D eigenvalue weighted by Gasteiger charge is 2.37. The van der Waals surface area contributed by atoms with Gasteiger partial charge in [-0.15, -0.1) is 35.0 Å². The normalized spacial score (nSPS) is 20.4. The van der Waals surface area contributed by atoms with Crippen molar-refractivity contribution in [2.75, 3.05) is 13.1 Å². The van der Waals surface area contributed by atoms with Crippen molar-refractivity contribution in [1.29, 1.82) is 0 Å². The summed E-state index contributed by atoms with van der Waals surface area (Å²) in [6.07, 6.45) is 2.90. The predicted octanol–water partition coefficient (Wildman–Crippen LogP) is 6.57. The Morgan fingerprint density at radius 2 is 1.72 bits per heavy atom. The number of nitrogens with one attached hydrogen (secondary N) is 1. The molecule has 2 atom stereocenters. The molecule has 2 fully saturated rings. The third-order valence-corrected chi connectivity index (χ3v) is 6.83. The Labute approximate surface area is 207 Å². The summed E-state index contributed by atoms with van der Waals surface area (Å²) in [4.78, 5) is 0. The largest absolute Gasteiger partial charge is 0.316 e. The molecule has 10 heteroatoms. The molecule has 32 heavy (non-hydrogen) atoms. The van der Waals surface area contributed by atoms with Crippen LogP contribution in [0.1, 0.15) is 48.5 Å². The van der Waals surface area contributed by atoms with Gasteiger partial charge in [0.1, 0.15) is 5.82 Å². The van der Waals surface area contributed by atoms with Crippen LogP contribution in [0.3, 0.4) is 0 Å². The lowest BCUT2D eigenvalue weighted by atomic mass is 9.80. The lowest BCUT2D eigenvalue weighted by molar-refractivity contribution is 0.379. The summed E-state index contributed by atoms with van der Waals surface area (Å²) < 4.78 is 29.6. The van der Waals surface area contributed by atoms with Gasteiger partial charge in [0.25, 0.3) is 0 Å². The maximum Gasteiger partial charge on any atom is 0.165 e. The predicted molar refractivity (Wildman–Crippen MR) is 128 cm³/mol. The van der Waals surface area contributed by atoms with Gasteiger partial charge < -0.3 is 9.88 Å². The van der Waals surface area contributed by atoms with Crippen LogP contribution >= 0.6 is 48.0 Å². The molecule has 172 valence electrons. The Kier molecular flexibility index (Phi) is 8.05. The van der Waals surface area contributed by atoms with Crippen molar-refractivity contribution in [3.05, 3.63) is 69.5 Å². The first-order valence-electron chi connectivity index (χ1n) is 10.1. The third-order valence-electron chi connectivity index (χ3n) is 6.01. The van der Waals surface area contributed by atoms with Crippen LogP contribution < -0.4 is 5.32 Å². The minimum atomic E-state index is -0.830. The Morgan fingerprint density at radius 3 is 2.44 bits per heavy atom. The molecule has 2 aromatic carbocycles. The van der Waals surface area contributed by atoms with E-state index in [1.165, 1.54) is 12.1 Å². The van der Waals surface area contributed by atoms with E-state index < -0.39 is 11.6 Å². The molecule has 1 N–H and O–H groups in total. The number of nitrogens with zero attached hydrogens (tertiary/aromatic N) is 3. The topological polar surface area (TPSA) is 42.7 Å². The van der Waals surface area contributed by atoms with E-state index in [9.17, 15) is 8.78 Å². The minimum absolute atomic E-state index is 0. The van der Waals surface area contributed by atoms with E-state index in [0.29, 0.717) is 28.5 Å².